The Bertz CT molecular complexity index is 436. The Labute approximate surface area is 119 Å². The molecule has 2 rings (SSSR count). The summed E-state index contributed by atoms with van der Waals surface area (Å²) in [4.78, 5) is 2.50. The molecule has 0 unspecified atom stereocenters. The lowest BCUT2D eigenvalue weighted by Crippen LogP contribution is -2.67. The normalized spacial score (nSPS) is 22.0. The summed E-state index contributed by atoms with van der Waals surface area (Å²) in [5.41, 5.74) is 2.96. The molecule has 2 nitrogen and oxygen atoms in total. The molecule has 1 aliphatic rings. The van der Waals surface area contributed by atoms with Gasteiger partial charge in [0.25, 0.3) is 0 Å². The average molecular weight is 311 g/mol. The molecular weight excluding hydrogens is 288 g/mol. The minimum atomic E-state index is 0.140. The van der Waals surface area contributed by atoms with Gasteiger partial charge >= 0.3 is 0 Å². The summed E-state index contributed by atoms with van der Waals surface area (Å²) in [5, 5.41) is 3.71. The van der Waals surface area contributed by atoms with Gasteiger partial charge < -0.3 is 10.2 Å². The number of benzene rings is 1. The maximum atomic E-state index is 3.71. The number of hydrogen-bond donors (Lipinski definition) is 1. The van der Waals surface area contributed by atoms with Crippen LogP contribution in [-0.4, -0.2) is 24.2 Å². The van der Waals surface area contributed by atoms with Crippen molar-refractivity contribution >= 4 is 21.6 Å². The van der Waals surface area contributed by atoms with Gasteiger partial charge in [-0.2, -0.15) is 0 Å². The van der Waals surface area contributed by atoms with Crippen molar-refractivity contribution in [2.75, 3.05) is 18.0 Å². The Morgan fingerprint density at radius 1 is 1.11 bits per heavy atom. The van der Waals surface area contributed by atoms with Gasteiger partial charge in [0.2, 0.25) is 0 Å². The second-order valence-electron chi connectivity index (χ2n) is 6.68. The Hall–Kier alpha value is -0.540. The highest BCUT2D eigenvalue weighted by molar-refractivity contribution is 9.10. The molecule has 0 aliphatic carbocycles. The number of rotatable bonds is 1. The molecule has 18 heavy (non-hydrogen) atoms. The van der Waals surface area contributed by atoms with Crippen molar-refractivity contribution in [1.82, 2.24) is 5.32 Å². The van der Waals surface area contributed by atoms with Gasteiger partial charge in [-0.25, -0.2) is 0 Å². The second-order valence-corrected chi connectivity index (χ2v) is 7.60. The van der Waals surface area contributed by atoms with Gasteiger partial charge in [-0.05, 0) is 58.4 Å². The molecule has 0 amide bonds. The molecule has 1 saturated heterocycles. The molecule has 0 spiro atoms. The van der Waals surface area contributed by atoms with E-state index in [0.29, 0.717) is 0 Å². The minimum Gasteiger partial charge on any atom is -0.368 e. The monoisotopic (exact) mass is 310 g/mol. The second kappa shape index (κ2) is 4.53. The van der Waals surface area contributed by atoms with Crippen molar-refractivity contribution in [3.63, 3.8) is 0 Å². The molecular formula is C15H23BrN2. The molecule has 1 heterocycles. The molecule has 0 aromatic heterocycles. The summed E-state index contributed by atoms with van der Waals surface area (Å²) in [6.07, 6.45) is 0. The smallest absolute Gasteiger partial charge is 0.0397 e. The molecule has 0 radical (unpaired) electrons. The van der Waals surface area contributed by atoms with E-state index in [0.717, 1.165) is 17.6 Å². The SMILES string of the molecule is Cc1cc(Br)ccc1N1CC(C)(C)NC(C)(C)C1. The number of aryl methyl sites for hydroxylation is 1. The van der Waals surface area contributed by atoms with Gasteiger partial charge in [-0.3, -0.25) is 0 Å². The van der Waals surface area contributed by atoms with E-state index in [9.17, 15) is 0 Å². The maximum absolute atomic E-state index is 3.71. The first-order valence-electron chi connectivity index (χ1n) is 6.49. The highest BCUT2D eigenvalue weighted by Crippen LogP contribution is 2.29. The molecule has 1 N–H and O–H groups in total. The number of nitrogens with one attached hydrogen (secondary N) is 1. The van der Waals surface area contributed by atoms with Crippen molar-refractivity contribution in [1.29, 1.82) is 0 Å². The quantitative estimate of drug-likeness (QED) is 0.850. The van der Waals surface area contributed by atoms with Crippen LogP contribution in [0.25, 0.3) is 0 Å². The van der Waals surface area contributed by atoms with Gasteiger partial charge in [-0.1, -0.05) is 15.9 Å². The third-order valence-corrected chi connectivity index (χ3v) is 3.84. The zero-order chi connectivity index (χ0) is 13.6. The number of anilines is 1. The van der Waals surface area contributed by atoms with Crippen LogP contribution in [0.5, 0.6) is 0 Å². The minimum absolute atomic E-state index is 0.140. The fourth-order valence-corrected chi connectivity index (χ4v) is 3.62. The predicted octanol–water partition coefficient (Wildman–Crippen LogP) is 3.72. The van der Waals surface area contributed by atoms with E-state index < -0.39 is 0 Å². The van der Waals surface area contributed by atoms with Gasteiger partial charge in [0, 0.05) is 34.3 Å². The molecule has 1 fully saturated rings. The molecule has 1 aromatic carbocycles. The standard InChI is InChI=1S/C15H23BrN2/c1-11-8-12(16)6-7-13(11)18-9-14(2,3)17-15(4,5)10-18/h6-8,17H,9-10H2,1-5H3. The van der Waals surface area contributed by atoms with E-state index in [-0.39, 0.29) is 11.1 Å². The Morgan fingerprint density at radius 2 is 1.67 bits per heavy atom. The van der Waals surface area contributed by atoms with Crippen LogP contribution in [0.2, 0.25) is 0 Å². The van der Waals surface area contributed by atoms with Crippen molar-refractivity contribution in [3.8, 4) is 0 Å². The largest absolute Gasteiger partial charge is 0.368 e. The van der Waals surface area contributed by atoms with Crippen LogP contribution in [0.1, 0.15) is 33.3 Å². The van der Waals surface area contributed by atoms with Crippen molar-refractivity contribution < 1.29 is 0 Å². The summed E-state index contributed by atoms with van der Waals surface area (Å²) in [6.45, 7) is 13.4. The summed E-state index contributed by atoms with van der Waals surface area (Å²) >= 11 is 3.53. The average Bonchev–Trinajstić information content (AvgIpc) is 2.11. The molecule has 1 aliphatic heterocycles. The first-order valence-corrected chi connectivity index (χ1v) is 7.28. The Morgan fingerprint density at radius 3 is 2.17 bits per heavy atom. The van der Waals surface area contributed by atoms with Crippen LogP contribution < -0.4 is 10.2 Å². The van der Waals surface area contributed by atoms with Crippen LogP contribution in [0, 0.1) is 6.92 Å². The summed E-state index contributed by atoms with van der Waals surface area (Å²) < 4.78 is 1.15. The fraction of sp³-hybridized carbons (Fsp3) is 0.600. The van der Waals surface area contributed by atoms with E-state index in [4.69, 9.17) is 0 Å². The Balaban J connectivity index is 2.32. The molecule has 1 aromatic rings. The fourth-order valence-electron chi connectivity index (χ4n) is 3.15. The van der Waals surface area contributed by atoms with Gasteiger partial charge in [0.15, 0.2) is 0 Å². The van der Waals surface area contributed by atoms with Gasteiger partial charge in [0.1, 0.15) is 0 Å². The lowest BCUT2D eigenvalue weighted by atomic mass is 9.90. The van der Waals surface area contributed by atoms with E-state index >= 15 is 0 Å². The van der Waals surface area contributed by atoms with E-state index in [1.807, 2.05) is 0 Å². The lowest BCUT2D eigenvalue weighted by molar-refractivity contribution is 0.226. The number of halogens is 1. The van der Waals surface area contributed by atoms with Gasteiger partial charge in [-0.15, -0.1) is 0 Å². The first-order chi connectivity index (χ1) is 8.19. The van der Waals surface area contributed by atoms with Crippen molar-refractivity contribution in [2.45, 2.75) is 45.7 Å². The Kier molecular flexibility index (Phi) is 3.50. The van der Waals surface area contributed by atoms with Crippen molar-refractivity contribution in [2.24, 2.45) is 0 Å². The highest BCUT2D eigenvalue weighted by atomic mass is 79.9. The van der Waals surface area contributed by atoms with Crippen LogP contribution in [-0.2, 0) is 0 Å². The number of nitrogens with zero attached hydrogens (tertiary/aromatic N) is 1. The number of hydrogen-bond acceptors (Lipinski definition) is 2. The van der Waals surface area contributed by atoms with Crippen LogP contribution >= 0.6 is 15.9 Å². The van der Waals surface area contributed by atoms with Crippen molar-refractivity contribution in [3.05, 3.63) is 28.2 Å². The topological polar surface area (TPSA) is 15.3 Å². The molecule has 0 saturated carbocycles. The van der Waals surface area contributed by atoms with Gasteiger partial charge in [0.05, 0.1) is 0 Å². The zero-order valence-electron chi connectivity index (χ0n) is 12.0. The third-order valence-electron chi connectivity index (χ3n) is 3.35. The zero-order valence-corrected chi connectivity index (χ0v) is 13.6. The highest BCUT2D eigenvalue weighted by Gasteiger charge is 2.36. The molecule has 0 bridgehead atoms. The maximum Gasteiger partial charge on any atom is 0.0397 e. The molecule has 3 heteroatoms. The van der Waals surface area contributed by atoms with E-state index in [1.54, 1.807) is 0 Å². The van der Waals surface area contributed by atoms with E-state index in [2.05, 4.69) is 79.0 Å². The third kappa shape index (κ3) is 3.07. The molecule has 100 valence electrons. The summed E-state index contributed by atoms with van der Waals surface area (Å²) in [5.74, 6) is 0. The van der Waals surface area contributed by atoms with Crippen LogP contribution in [0.3, 0.4) is 0 Å². The van der Waals surface area contributed by atoms with Crippen LogP contribution in [0.15, 0.2) is 22.7 Å². The summed E-state index contributed by atoms with van der Waals surface area (Å²) in [6, 6.07) is 6.54. The lowest BCUT2D eigenvalue weighted by Gasteiger charge is -2.49. The van der Waals surface area contributed by atoms with Crippen LogP contribution in [0.4, 0.5) is 5.69 Å². The summed E-state index contributed by atoms with van der Waals surface area (Å²) in [7, 11) is 0. The first kappa shape index (κ1) is 13.9. The molecule has 0 atom stereocenters. The predicted molar refractivity (Wildman–Crippen MR) is 82.4 cm³/mol. The number of piperazine rings is 1. The van der Waals surface area contributed by atoms with E-state index in [1.165, 1.54) is 11.3 Å².